The van der Waals surface area contributed by atoms with Gasteiger partial charge in [0.15, 0.2) is 16.8 Å². The molecular formula is C24H28N4O3S. The topological polar surface area (TPSA) is 86.1 Å². The average molecular weight is 453 g/mol. The highest BCUT2D eigenvalue weighted by molar-refractivity contribution is 7.99. The van der Waals surface area contributed by atoms with Gasteiger partial charge in [-0.25, -0.2) is 0 Å². The van der Waals surface area contributed by atoms with Crippen molar-refractivity contribution in [3.63, 3.8) is 0 Å². The molecule has 0 bridgehead atoms. The van der Waals surface area contributed by atoms with Crippen LogP contribution in [0.25, 0.3) is 0 Å². The zero-order valence-electron chi connectivity index (χ0n) is 19.0. The number of aryl methyl sites for hydroxylation is 1. The molecule has 32 heavy (non-hydrogen) atoms. The molecule has 0 radical (unpaired) electrons. The normalized spacial score (nSPS) is 11.9. The highest BCUT2D eigenvalue weighted by Gasteiger charge is 2.25. The van der Waals surface area contributed by atoms with E-state index in [9.17, 15) is 9.59 Å². The van der Waals surface area contributed by atoms with E-state index < -0.39 is 0 Å². The number of aromatic nitrogens is 3. The van der Waals surface area contributed by atoms with Crippen molar-refractivity contribution in [2.45, 2.75) is 32.0 Å². The van der Waals surface area contributed by atoms with Crippen molar-refractivity contribution in [1.82, 2.24) is 20.1 Å². The Morgan fingerprint density at radius 3 is 2.44 bits per heavy atom. The summed E-state index contributed by atoms with van der Waals surface area (Å²) >= 11 is 1.32. The van der Waals surface area contributed by atoms with Gasteiger partial charge in [-0.1, -0.05) is 43.3 Å². The Balaban J connectivity index is 1.70. The predicted octanol–water partition coefficient (Wildman–Crippen LogP) is 4.23. The van der Waals surface area contributed by atoms with Crippen molar-refractivity contribution in [2.75, 3.05) is 12.9 Å². The highest BCUT2D eigenvalue weighted by atomic mass is 32.2. The van der Waals surface area contributed by atoms with Crippen LogP contribution in [0, 0.1) is 12.8 Å². The molecule has 3 aromatic rings. The third-order valence-corrected chi connectivity index (χ3v) is 6.14. The lowest BCUT2D eigenvalue weighted by atomic mass is 10.0. The highest BCUT2D eigenvalue weighted by Crippen LogP contribution is 2.25. The molecular weight excluding hydrogens is 424 g/mol. The van der Waals surface area contributed by atoms with Gasteiger partial charge >= 0.3 is 0 Å². The SMILES string of the molecule is COc1ccc(C(=O)CSc2nnc([C@@H](NC(=O)c3cccc(C)c3)C(C)C)n2C)cc1. The van der Waals surface area contributed by atoms with E-state index in [2.05, 4.69) is 15.5 Å². The summed E-state index contributed by atoms with van der Waals surface area (Å²) in [5.41, 5.74) is 2.25. The van der Waals surface area contributed by atoms with E-state index in [1.54, 1.807) is 37.4 Å². The van der Waals surface area contributed by atoms with E-state index in [0.717, 1.165) is 5.56 Å². The van der Waals surface area contributed by atoms with Crippen LogP contribution < -0.4 is 10.1 Å². The van der Waals surface area contributed by atoms with E-state index in [1.807, 2.05) is 50.6 Å². The molecule has 7 nitrogen and oxygen atoms in total. The Kier molecular flexibility index (Phi) is 7.69. The maximum absolute atomic E-state index is 12.8. The molecule has 0 aliphatic rings. The van der Waals surface area contributed by atoms with Crippen molar-refractivity contribution < 1.29 is 14.3 Å². The van der Waals surface area contributed by atoms with Crippen LogP contribution in [0.1, 0.15) is 52.0 Å². The molecule has 0 saturated carbocycles. The van der Waals surface area contributed by atoms with Gasteiger partial charge in [0.1, 0.15) is 5.75 Å². The monoisotopic (exact) mass is 452 g/mol. The number of thioether (sulfide) groups is 1. The Hall–Kier alpha value is -3.13. The van der Waals surface area contributed by atoms with Gasteiger partial charge in [0.2, 0.25) is 0 Å². The number of carbonyl (C=O) groups is 2. The minimum atomic E-state index is -0.313. The molecule has 0 unspecified atom stereocenters. The van der Waals surface area contributed by atoms with Gasteiger partial charge in [-0.15, -0.1) is 10.2 Å². The van der Waals surface area contributed by atoms with Crippen molar-refractivity contribution in [3.05, 3.63) is 71.0 Å². The van der Waals surface area contributed by atoms with E-state index in [0.29, 0.717) is 27.9 Å². The van der Waals surface area contributed by atoms with Gasteiger partial charge in [-0.2, -0.15) is 0 Å². The summed E-state index contributed by atoms with van der Waals surface area (Å²) in [6.45, 7) is 6.00. The number of hydrogen-bond donors (Lipinski definition) is 1. The maximum Gasteiger partial charge on any atom is 0.251 e. The molecule has 0 saturated heterocycles. The molecule has 3 rings (SSSR count). The Morgan fingerprint density at radius 1 is 1.09 bits per heavy atom. The first-order chi connectivity index (χ1) is 15.3. The molecule has 2 aromatic carbocycles. The molecule has 1 atom stereocenters. The van der Waals surface area contributed by atoms with Crippen molar-refractivity contribution >= 4 is 23.5 Å². The van der Waals surface area contributed by atoms with Crippen LogP contribution in [0.4, 0.5) is 0 Å². The predicted molar refractivity (Wildman–Crippen MR) is 125 cm³/mol. The van der Waals surface area contributed by atoms with Crippen molar-refractivity contribution in [2.24, 2.45) is 13.0 Å². The number of ether oxygens (including phenoxy) is 1. The van der Waals surface area contributed by atoms with E-state index >= 15 is 0 Å². The van der Waals surface area contributed by atoms with Crippen LogP contribution in [-0.4, -0.2) is 39.3 Å². The number of methoxy groups -OCH3 is 1. The summed E-state index contributed by atoms with van der Waals surface area (Å²) in [5, 5.41) is 12.3. The van der Waals surface area contributed by atoms with E-state index in [1.165, 1.54) is 11.8 Å². The van der Waals surface area contributed by atoms with E-state index in [4.69, 9.17) is 4.74 Å². The van der Waals surface area contributed by atoms with Crippen LogP contribution in [0.15, 0.2) is 53.7 Å². The summed E-state index contributed by atoms with van der Waals surface area (Å²) in [7, 11) is 3.44. The second-order valence-electron chi connectivity index (χ2n) is 7.90. The first-order valence-electron chi connectivity index (χ1n) is 10.4. The molecule has 0 spiro atoms. The van der Waals surface area contributed by atoms with Crippen LogP contribution in [0.2, 0.25) is 0 Å². The standard InChI is InChI=1S/C24H28N4O3S/c1-15(2)21(25-23(30)18-8-6-7-16(3)13-18)22-26-27-24(28(22)4)32-14-20(29)17-9-11-19(31-5)12-10-17/h6-13,15,21H,14H2,1-5H3,(H,25,30)/t21-/m0/s1. The van der Waals surface area contributed by atoms with Gasteiger partial charge in [-0.3, -0.25) is 9.59 Å². The minimum absolute atomic E-state index is 0.00429. The smallest absolute Gasteiger partial charge is 0.251 e. The van der Waals surface area contributed by atoms with E-state index in [-0.39, 0.29) is 29.4 Å². The lowest BCUT2D eigenvalue weighted by Crippen LogP contribution is -2.33. The fraction of sp³-hybridized carbons (Fsp3) is 0.333. The Morgan fingerprint density at radius 2 is 1.81 bits per heavy atom. The second-order valence-corrected chi connectivity index (χ2v) is 8.85. The van der Waals surface area contributed by atoms with Crippen LogP contribution in [-0.2, 0) is 7.05 Å². The first-order valence-corrected chi connectivity index (χ1v) is 11.4. The number of hydrogen-bond acceptors (Lipinski definition) is 6. The Labute approximate surface area is 192 Å². The number of Topliss-reactive ketones (excluding diaryl/α,β-unsaturated/α-hetero) is 1. The van der Waals surface area contributed by atoms with Gasteiger partial charge in [0, 0.05) is 18.2 Å². The number of amides is 1. The second kappa shape index (κ2) is 10.5. The molecule has 0 fully saturated rings. The third kappa shape index (κ3) is 5.56. The Bertz CT molecular complexity index is 1090. The fourth-order valence-electron chi connectivity index (χ4n) is 3.25. The number of nitrogens with one attached hydrogen (secondary N) is 1. The molecule has 8 heteroatoms. The molecule has 1 N–H and O–H groups in total. The molecule has 1 amide bonds. The summed E-state index contributed by atoms with van der Waals surface area (Å²) in [6, 6.07) is 14.2. The van der Waals surface area contributed by atoms with Crippen LogP contribution >= 0.6 is 11.8 Å². The number of benzene rings is 2. The van der Waals surface area contributed by atoms with Crippen molar-refractivity contribution in [1.29, 1.82) is 0 Å². The number of rotatable bonds is 9. The molecule has 1 heterocycles. The largest absolute Gasteiger partial charge is 0.497 e. The van der Waals surface area contributed by atoms with Gasteiger partial charge in [-0.05, 0) is 49.2 Å². The molecule has 168 valence electrons. The first kappa shape index (κ1) is 23.5. The lowest BCUT2D eigenvalue weighted by molar-refractivity contribution is 0.0921. The molecule has 0 aliphatic heterocycles. The summed E-state index contributed by atoms with van der Waals surface area (Å²) in [6.07, 6.45) is 0. The molecule has 0 aliphatic carbocycles. The lowest BCUT2D eigenvalue weighted by Gasteiger charge is -2.21. The van der Waals surface area contributed by atoms with Gasteiger partial charge in [0.25, 0.3) is 5.91 Å². The number of carbonyl (C=O) groups excluding carboxylic acids is 2. The molecule has 1 aromatic heterocycles. The maximum atomic E-state index is 12.8. The number of ketones is 1. The van der Waals surface area contributed by atoms with Crippen molar-refractivity contribution in [3.8, 4) is 5.75 Å². The zero-order chi connectivity index (χ0) is 23.3. The third-order valence-electron chi connectivity index (χ3n) is 5.12. The summed E-state index contributed by atoms with van der Waals surface area (Å²) in [5.74, 6) is 1.54. The van der Waals surface area contributed by atoms with Crippen LogP contribution in [0.5, 0.6) is 5.75 Å². The number of nitrogens with zero attached hydrogens (tertiary/aromatic N) is 3. The van der Waals surface area contributed by atoms with Gasteiger partial charge in [0.05, 0.1) is 18.9 Å². The summed E-state index contributed by atoms with van der Waals surface area (Å²) in [4.78, 5) is 25.3. The fourth-order valence-corrected chi connectivity index (χ4v) is 4.07. The van der Waals surface area contributed by atoms with Crippen LogP contribution in [0.3, 0.4) is 0 Å². The van der Waals surface area contributed by atoms with Gasteiger partial charge < -0.3 is 14.6 Å². The quantitative estimate of drug-likeness (QED) is 0.386. The minimum Gasteiger partial charge on any atom is -0.497 e. The summed E-state index contributed by atoms with van der Waals surface area (Å²) < 4.78 is 6.97. The zero-order valence-corrected chi connectivity index (χ0v) is 19.8. The average Bonchev–Trinajstić information content (AvgIpc) is 3.15.